The van der Waals surface area contributed by atoms with Gasteiger partial charge in [0.05, 0.1) is 5.16 Å². The van der Waals surface area contributed by atoms with Gasteiger partial charge >= 0.3 is 0 Å². The van der Waals surface area contributed by atoms with E-state index in [1.807, 2.05) is 29.4 Å². The van der Waals surface area contributed by atoms with Crippen LogP contribution >= 0.6 is 12.2 Å². The van der Waals surface area contributed by atoms with E-state index in [-0.39, 0.29) is 11.1 Å². The molecule has 0 bridgehead atoms. The molecule has 4 aromatic rings. The lowest BCUT2D eigenvalue weighted by atomic mass is 9.97. The van der Waals surface area contributed by atoms with Crippen LogP contribution in [0.5, 0.6) is 0 Å². The van der Waals surface area contributed by atoms with Crippen LogP contribution in [0.15, 0.2) is 83.9 Å². The molecule has 0 aliphatic rings. The first kappa shape index (κ1) is 22.7. The zero-order valence-electron chi connectivity index (χ0n) is 17.9. The van der Waals surface area contributed by atoms with Gasteiger partial charge in [-0.05, 0) is 70.2 Å². The Bertz CT molecular complexity index is 1320. The van der Waals surface area contributed by atoms with Gasteiger partial charge in [-0.15, -0.1) is 0 Å². The summed E-state index contributed by atoms with van der Waals surface area (Å²) in [6.07, 6.45) is 2.17. The molecule has 0 atom stereocenters. The summed E-state index contributed by atoms with van der Waals surface area (Å²) in [5, 5.41) is 1.94. The molecular formula is C28H20F3NS. The van der Waals surface area contributed by atoms with Crippen LogP contribution in [0.25, 0.3) is 33.4 Å². The van der Waals surface area contributed by atoms with E-state index in [4.69, 9.17) is 0 Å². The lowest BCUT2D eigenvalue weighted by Gasteiger charge is -2.09. The molecule has 0 unspecified atom stereocenters. The molecule has 4 aromatic carbocycles. The highest BCUT2D eigenvalue weighted by molar-refractivity contribution is 7.78. The van der Waals surface area contributed by atoms with Gasteiger partial charge in [0.1, 0.15) is 11.5 Å². The molecule has 0 heterocycles. The topological polar surface area (TPSA) is 12.4 Å². The summed E-state index contributed by atoms with van der Waals surface area (Å²) in [6.45, 7) is 2.16. The number of hydrogen-bond donors (Lipinski definition) is 0. The van der Waals surface area contributed by atoms with Crippen LogP contribution in [0, 0.1) is 17.5 Å². The summed E-state index contributed by atoms with van der Waals surface area (Å²) in [4.78, 5) is 3.38. The Labute approximate surface area is 196 Å². The lowest BCUT2D eigenvalue weighted by molar-refractivity contribution is 0.588. The highest BCUT2D eigenvalue weighted by Crippen LogP contribution is 2.33. The van der Waals surface area contributed by atoms with Crippen molar-refractivity contribution in [1.82, 2.24) is 0 Å². The van der Waals surface area contributed by atoms with Gasteiger partial charge < -0.3 is 0 Å². The fraction of sp³-hybridized carbons (Fsp3) is 0.107. The highest BCUT2D eigenvalue weighted by Gasteiger charge is 2.14. The van der Waals surface area contributed by atoms with Crippen LogP contribution in [-0.4, -0.2) is 5.16 Å². The quantitative estimate of drug-likeness (QED) is 0.207. The maximum absolute atomic E-state index is 14.9. The minimum absolute atomic E-state index is 0.0826. The summed E-state index contributed by atoms with van der Waals surface area (Å²) >= 11 is 4.40. The smallest absolute Gasteiger partial charge is 0.153 e. The van der Waals surface area contributed by atoms with Crippen molar-refractivity contribution in [2.75, 3.05) is 0 Å². The Balaban J connectivity index is 1.60. The first-order valence-corrected chi connectivity index (χ1v) is 11.0. The van der Waals surface area contributed by atoms with Crippen LogP contribution in [0.1, 0.15) is 18.9 Å². The Morgan fingerprint density at radius 2 is 1.15 bits per heavy atom. The van der Waals surface area contributed by atoms with Crippen molar-refractivity contribution < 1.29 is 13.2 Å². The third-order valence-corrected chi connectivity index (χ3v) is 5.59. The third kappa shape index (κ3) is 4.95. The van der Waals surface area contributed by atoms with Crippen LogP contribution in [0.4, 0.5) is 18.9 Å². The lowest BCUT2D eigenvalue weighted by Crippen LogP contribution is -1.91. The number of hydrogen-bond acceptors (Lipinski definition) is 2. The molecule has 0 aromatic heterocycles. The molecule has 5 heteroatoms. The molecule has 33 heavy (non-hydrogen) atoms. The van der Waals surface area contributed by atoms with Crippen molar-refractivity contribution >= 4 is 23.1 Å². The summed E-state index contributed by atoms with van der Waals surface area (Å²) in [5.41, 5.74) is 4.66. The Morgan fingerprint density at radius 1 is 0.667 bits per heavy atom. The predicted molar refractivity (Wildman–Crippen MR) is 131 cm³/mol. The molecular weight excluding hydrogens is 439 g/mol. The minimum atomic E-state index is -0.927. The van der Waals surface area contributed by atoms with Gasteiger partial charge in [0, 0.05) is 5.56 Å². The molecule has 0 radical (unpaired) electrons. The number of benzene rings is 4. The Kier molecular flexibility index (Phi) is 6.83. The first-order chi connectivity index (χ1) is 16.0. The number of nitrogens with zero attached hydrogens (tertiary/aromatic N) is 1. The van der Waals surface area contributed by atoms with Crippen molar-refractivity contribution in [3.8, 4) is 33.4 Å². The average Bonchev–Trinajstić information content (AvgIpc) is 2.82. The summed E-state index contributed by atoms with van der Waals surface area (Å²) in [7, 11) is 0. The maximum atomic E-state index is 14.9. The molecule has 0 N–H and O–H groups in total. The van der Waals surface area contributed by atoms with Crippen LogP contribution in [0.3, 0.4) is 0 Å². The molecule has 0 aliphatic heterocycles. The van der Waals surface area contributed by atoms with E-state index >= 15 is 0 Å². The van der Waals surface area contributed by atoms with Gasteiger partial charge in [0.2, 0.25) is 0 Å². The zero-order chi connectivity index (χ0) is 23.4. The number of aryl methyl sites for hydroxylation is 1. The highest BCUT2D eigenvalue weighted by atomic mass is 32.1. The van der Waals surface area contributed by atoms with Gasteiger partial charge in [0.25, 0.3) is 0 Å². The molecule has 164 valence electrons. The van der Waals surface area contributed by atoms with Gasteiger partial charge in [-0.2, -0.15) is 4.99 Å². The molecule has 0 spiro atoms. The predicted octanol–water partition coefficient (Wildman–Crippen LogP) is 8.79. The summed E-state index contributed by atoms with van der Waals surface area (Å²) in [6, 6.07) is 23.0. The summed E-state index contributed by atoms with van der Waals surface area (Å²) < 4.78 is 43.2. The second kappa shape index (κ2) is 9.95. The second-order valence-corrected chi connectivity index (χ2v) is 7.89. The molecule has 1 nitrogen and oxygen atoms in total. The first-order valence-electron chi connectivity index (χ1n) is 10.6. The molecule has 0 saturated heterocycles. The van der Waals surface area contributed by atoms with E-state index in [0.717, 1.165) is 41.7 Å². The van der Waals surface area contributed by atoms with Crippen molar-refractivity contribution in [2.45, 2.75) is 19.8 Å². The molecule has 0 saturated carbocycles. The zero-order valence-corrected chi connectivity index (χ0v) is 18.7. The van der Waals surface area contributed by atoms with Gasteiger partial charge in [-0.3, -0.25) is 0 Å². The number of halogens is 3. The molecule has 0 amide bonds. The van der Waals surface area contributed by atoms with E-state index in [2.05, 4.69) is 48.4 Å². The van der Waals surface area contributed by atoms with E-state index in [1.54, 1.807) is 6.07 Å². The Hall–Kier alpha value is -3.53. The van der Waals surface area contributed by atoms with Crippen molar-refractivity contribution in [3.63, 3.8) is 0 Å². The molecule has 0 aliphatic carbocycles. The van der Waals surface area contributed by atoms with Crippen molar-refractivity contribution in [2.24, 2.45) is 4.99 Å². The second-order valence-electron chi connectivity index (χ2n) is 7.71. The fourth-order valence-electron chi connectivity index (χ4n) is 3.81. The molecule has 4 rings (SSSR count). The minimum Gasteiger partial charge on any atom is -0.206 e. The van der Waals surface area contributed by atoms with Crippen LogP contribution in [0.2, 0.25) is 0 Å². The number of aliphatic imine (C=N–C) groups is 1. The summed E-state index contributed by atoms with van der Waals surface area (Å²) in [5.74, 6) is -2.43. The van der Waals surface area contributed by atoms with E-state index in [9.17, 15) is 13.2 Å². The average molecular weight is 460 g/mol. The molecule has 0 fully saturated rings. The normalized spacial score (nSPS) is 10.7. The van der Waals surface area contributed by atoms with Gasteiger partial charge in [-0.25, -0.2) is 13.2 Å². The monoisotopic (exact) mass is 459 g/mol. The van der Waals surface area contributed by atoms with Gasteiger partial charge in [-0.1, -0.05) is 74.0 Å². The van der Waals surface area contributed by atoms with Crippen molar-refractivity contribution in [3.05, 3.63) is 102 Å². The Morgan fingerprint density at radius 3 is 1.67 bits per heavy atom. The SMILES string of the molecule is CCCc1ccc(-c2ccc(-c3ccc(-c4cc(F)c(N=C=S)c(F)c4)c(F)c3)cc2)cc1. The van der Waals surface area contributed by atoms with E-state index in [0.29, 0.717) is 5.56 Å². The van der Waals surface area contributed by atoms with Crippen molar-refractivity contribution in [1.29, 1.82) is 0 Å². The number of thiocarbonyl (C=S) groups is 1. The maximum Gasteiger partial charge on any atom is 0.153 e. The standard InChI is InChI=1S/C28H20F3NS/c1-2-3-18-4-6-19(7-5-18)20-8-10-21(11-9-20)22-12-13-24(25(29)14-22)23-15-26(30)28(32-17-33)27(31)16-23/h4-16H,2-3H2,1H3. The van der Waals surface area contributed by atoms with E-state index in [1.165, 1.54) is 17.7 Å². The fourth-order valence-corrected chi connectivity index (χ4v) is 3.90. The van der Waals surface area contributed by atoms with Crippen LogP contribution in [-0.2, 0) is 6.42 Å². The third-order valence-electron chi connectivity index (χ3n) is 5.50. The van der Waals surface area contributed by atoms with Crippen LogP contribution < -0.4 is 0 Å². The number of rotatable bonds is 6. The van der Waals surface area contributed by atoms with E-state index < -0.39 is 23.1 Å². The largest absolute Gasteiger partial charge is 0.206 e. The number of isothiocyanates is 1. The van der Waals surface area contributed by atoms with Gasteiger partial charge in [0.15, 0.2) is 11.6 Å².